The van der Waals surface area contributed by atoms with E-state index in [0.717, 1.165) is 27.8 Å². The molecule has 8 heteroatoms. The summed E-state index contributed by atoms with van der Waals surface area (Å²) in [5.74, 6) is -1.14. The smallest absolute Gasteiger partial charge is 0.241 e. The Kier molecular flexibility index (Phi) is 6.02. The van der Waals surface area contributed by atoms with Crippen molar-refractivity contribution >= 4 is 33.2 Å². The summed E-state index contributed by atoms with van der Waals surface area (Å²) in [6.07, 6.45) is 0.970. The number of carbonyl (C=O) groups excluding carboxylic acids is 1. The van der Waals surface area contributed by atoms with Crippen LogP contribution in [0.15, 0.2) is 42.5 Å². The summed E-state index contributed by atoms with van der Waals surface area (Å²) in [6, 6.07) is 11.1. The van der Waals surface area contributed by atoms with E-state index in [0.29, 0.717) is 0 Å². The molecule has 0 atom stereocenters. The molecule has 0 aliphatic rings. The molecule has 0 unspecified atom stereocenters. The summed E-state index contributed by atoms with van der Waals surface area (Å²) in [7, 11) is -3.74. The van der Waals surface area contributed by atoms with E-state index >= 15 is 0 Å². The van der Waals surface area contributed by atoms with E-state index in [1.54, 1.807) is 0 Å². The molecule has 0 heterocycles. The first-order valence-electron chi connectivity index (χ1n) is 7.42. The van der Waals surface area contributed by atoms with Crippen molar-refractivity contribution < 1.29 is 17.6 Å². The lowest BCUT2D eigenvalue weighted by Gasteiger charge is -2.22. The average Bonchev–Trinajstić information content (AvgIpc) is 2.52. The summed E-state index contributed by atoms with van der Waals surface area (Å²) >= 11 is 5.70. The van der Waals surface area contributed by atoms with Gasteiger partial charge in [0, 0.05) is 6.54 Å². The lowest BCUT2D eigenvalue weighted by molar-refractivity contribution is -0.119. The number of sulfonamides is 1. The van der Waals surface area contributed by atoms with Crippen LogP contribution in [0, 0.1) is 12.7 Å². The van der Waals surface area contributed by atoms with Gasteiger partial charge in [0.15, 0.2) is 0 Å². The summed E-state index contributed by atoms with van der Waals surface area (Å²) in [6.45, 7) is 1.80. The van der Waals surface area contributed by atoms with E-state index in [2.05, 4.69) is 5.32 Å². The zero-order valence-corrected chi connectivity index (χ0v) is 15.4. The predicted molar refractivity (Wildman–Crippen MR) is 96.6 cm³/mol. The molecule has 0 spiro atoms. The lowest BCUT2D eigenvalue weighted by atomic mass is 10.1. The van der Waals surface area contributed by atoms with Gasteiger partial charge in [0.25, 0.3) is 0 Å². The van der Waals surface area contributed by atoms with Crippen LogP contribution >= 0.6 is 11.6 Å². The van der Waals surface area contributed by atoms with Crippen LogP contribution in [0.4, 0.5) is 10.1 Å². The second kappa shape index (κ2) is 7.84. The van der Waals surface area contributed by atoms with Crippen molar-refractivity contribution in [1.82, 2.24) is 5.32 Å². The summed E-state index contributed by atoms with van der Waals surface area (Å²) in [4.78, 5) is 12.2. The molecule has 0 bridgehead atoms. The molecule has 0 aliphatic carbocycles. The molecule has 0 fully saturated rings. The highest BCUT2D eigenvalue weighted by atomic mass is 35.5. The molecular weight excluding hydrogens is 367 g/mol. The number of halogens is 2. The highest BCUT2D eigenvalue weighted by molar-refractivity contribution is 7.92. The number of nitrogens with one attached hydrogen (secondary N) is 1. The van der Waals surface area contributed by atoms with Gasteiger partial charge in [-0.25, -0.2) is 12.8 Å². The van der Waals surface area contributed by atoms with E-state index in [1.165, 1.54) is 12.1 Å². The minimum atomic E-state index is -3.74. The number of benzene rings is 2. The second-order valence-electron chi connectivity index (χ2n) is 5.63. The molecule has 0 aromatic heterocycles. The zero-order valence-electron chi connectivity index (χ0n) is 13.8. The third-order valence-electron chi connectivity index (χ3n) is 3.45. The SMILES string of the molecule is Cc1cccc(CNC(=O)CN(c2ccc(F)c(Cl)c2)S(C)(=O)=O)c1. The molecule has 0 saturated heterocycles. The number of rotatable bonds is 6. The van der Waals surface area contributed by atoms with E-state index in [9.17, 15) is 17.6 Å². The minimum absolute atomic E-state index is 0.125. The Morgan fingerprint density at radius 2 is 1.96 bits per heavy atom. The number of hydrogen-bond acceptors (Lipinski definition) is 3. The fraction of sp³-hybridized carbons (Fsp3) is 0.235. The molecule has 1 N–H and O–H groups in total. The van der Waals surface area contributed by atoms with Gasteiger partial charge in [-0.3, -0.25) is 9.10 Å². The molecule has 0 saturated carbocycles. The lowest BCUT2D eigenvalue weighted by Crippen LogP contribution is -2.40. The van der Waals surface area contributed by atoms with Crippen molar-refractivity contribution in [2.24, 2.45) is 0 Å². The van der Waals surface area contributed by atoms with Crippen LogP contribution in [-0.4, -0.2) is 27.1 Å². The largest absolute Gasteiger partial charge is 0.350 e. The van der Waals surface area contributed by atoms with Crippen LogP contribution in [0.3, 0.4) is 0 Å². The molecule has 1 amide bonds. The van der Waals surface area contributed by atoms with Gasteiger partial charge in [-0.05, 0) is 30.7 Å². The van der Waals surface area contributed by atoms with Crippen LogP contribution < -0.4 is 9.62 Å². The van der Waals surface area contributed by atoms with Gasteiger partial charge in [0.05, 0.1) is 17.0 Å². The summed E-state index contributed by atoms with van der Waals surface area (Å²) in [5, 5.41) is 2.46. The van der Waals surface area contributed by atoms with Crippen molar-refractivity contribution in [3.63, 3.8) is 0 Å². The molecule has 2 aromatic carbocycles. The first-order chi connectivity index (χ1) is 11.7. The van der Waals surface area contributed by atoms with E-state index in [4.69, 9.17) is 11.6 Å². The standard InChI is InChI=1S/C17H18ClFN2O3S/c1-12-4-3-5-13(8-12)10-20-17(22)11-21(25(2,23)24)14-6-7-16(19)15(18)9-14/h3-9H,10-11H2,1-2H3,(H,20,22). The van der Waals surface area contributed by atoms with Crippen molar-refractivity contribution in [2.75, 3.05) is 17.1 Å². The summed E-state index contributed by atoms with van der Waals surface area (Å²) in [5.41, 5.74) is 2.09. The second-order valence-corrected chi connectivity index (χ2v) is 7.95. The number of carbonyl (C=O) groups is 1. The Bertz CT molecular complexity index is 887. The fourth-order valence-corrected chi connectivity index (χ4v) is 3.27. The maximum absolute atomic E-state index is 13.3. The quantitative estimate of drug-likeness (QED) is 0.832. The van der Waals surface area contributed by atoms with Crippen LogP contribution in [-0.2, 0) is 21.4 Å². The molecule has 134 valence electrons. The van der Waals surface area contributed by atoms with Crippen molar-refractivity contribution in [1.29, 1.82) is 0 Å². The zero-order chi connectivity index (χ0) is 18.6. The predicted octanol–water partition coefficient (Wildman–Crippen LogP) is 2.87. The molecular formula is C17H18ClFN2O3S. The Labute approximate surface area is 151 Å². The topological polar surface area (TPSA) is 66.5 Å². The van der Waals surface area contributed by atoms with Gasteiger partial charge >= 0.3 is 0 Å². The van der Waals surface area contributed by atoms with Crippen LogP contribution in [0.2, 0.25) is 5.02 Å². The minimum Gasteiger partial charge on any atom is -0.350 e. The molecule has 2 rings (SSSR count). The normalized spacial score (nSPS) is 11.2. The highest BCUT2D eigenvalue weighted by Gasteiger charge is 2.21. The molecule has 2 aromatic rings. The number of amides is 1. The monoisotopic (exact) mass is 384 g/mol. The van der Waals surface area contributed by atoms with E-state index in [1.807, 2.05) is 31.2 Å². The highest BCUT2D eigenvalue weighted by Crippen LogP contribution is 2.24. The van der Waals surface area contributed by atoms with E-state index < -0.39 is 28.3 Å². The number of hydrogen-bond donors (Lipinski definition) is 1. The Hall–Kier alpha value is -2.12. The van der Waals surface area contributed by atoms with Gasteiger partial charge in [0.1, 0.15) is 12.4 Å². The third-order valence-corrected chi connectivity index (χ3v) is 4.88. The fourth-order valence-electron chi connectivity index (χ4n) is 2.25. The Morgan fingerprint density at radius 1 is 1.24 bits per heavy atom. The van der Waals surface area contributed by atoms with Gasteiger partial charge < -0.3 is 5.32 Å². The maximum Gasteiger partial charge on any atom is 0.241 e. The maximum atomic E-state index is 13.3. The van der Waals surface area contributed by atoms with Crippen LogP contribution in [0.1, 0.15) is 11.1 Å². The van der Waals surface area contributed by atoms with Crippen molar-refractivity contribution in [3.05, 3.63) is 64.4 Å². The average molecular weight is 385 g/mol. The third kappa shape index (κ3) is 5.44. The van der Waals surface area contributed by atoms with Crippen molar-refractivity contribution in [2.45, 2.75) is 13.5 Å². The van der Waals surface area contributed by atoms with Crippen molar-refractivity contribution in [3.8, 4) is 0 Å². The first kappa shape index (κ1) is 19.2. The van der Waals surface area contributed by atoms with Gasteiger partial charge in [-0.15, -0.1) is 0 Å². The first-order valence-corrected chi connectivity index (χ1v) is 9.64. The summed E-state index contributed by atoms with van der Waals surface area (Å²) < 4.78 is 38.1. The molecule has 5 nitrogen and oxygen atoms in total. The van der Waals surface area contributed by atoms with Crippen LogP contribution in [0.25, 0.3) is 0 Å². The van der Waals surface area contributed by atoms with E-state index in [-0.39, 0.29) is 17.3 Å². The molecule has 0 radical (unpaired) electrons. The number of anilines is 1. The van der Waals surface area contributed by atoms with Gasteiger partial charge in [-0.1, -0.05) is 41.4 Å². The van der Waals surface area contributed by atoms with Gasteiger partial charge in [0.2, 0.25) is 15.9 Å². The molecule has 0 aliphatic heterocycles. The van der Waals surface area contributed by atoms with Gasteiger partial charge in [-0.2, -0.15) is 0 Å². The molecule has 25 heavy (non-hydrogen) atoms. The Morgan fingerprint density at radius 3 is 2.56 bits per heavy atom. The van der Waals surface area contributed by atoms with Crippen LogP contribution in [0.5, 0.6) is 0 Å². The number of nitrogens with zero attached hydrogens (tertiary/aromatic N) is 1. The Balaban J connectivity index is 2.11. The number of aryl methyl sites for hydroxylation is 1.